The first kappa shape index (κ1) is 20.3. The molecule has 1 fully saturated rings. The minimum atomic E-state index is 0.178. The molecule has 0 amide bonds. The summed E-state index contributed by atoms with van der Waals surface area (Å²) in [6.07, 6.45) is 6.36. The van der Waals surface area contributed by atoms with Crippen molar-refractivity contribution in [1.82, 2.24) is 15.5 Å². The number of aliphatic imine (C=N–C) groups is 1. The number of nitrogens with zero attached hydrogens (tertiary/aromatic N) is 2. The molecule has 0 saturated carbocycles. The molecule has 1 aliphatic rings. The Bertz CT molecular complexity index is 724. The molecule has 1 saturated heterocycles. The standard InChI is InChI=1S/C22H32N4O2/c1-2-23-22(24-12-11-18-8-6-9-19(27)16-18)25-17-20(21-10-7-15-28-21)26-13-4-3-5-14-26/h6-10,15-16,20,27H,2-5,11-14,17H2,1H3,(H2,23,24,25). The van der Waals surface area contributed by atoms with Crippen LogP contribution in [0.25, 0.3) is 0 Å². The van der Waals surface area contributed by atoms with Crippen LogP contribution in [0, 0.1) is 0 Å². The summed E-state index contributed by atoms with van der Waals surface area (Å²) in [5.74, 6) is 2.11. The summed E-state index contributed by atoms with van der Waals surface area (Å²) in [7, 11) is 0. The van der Waals surface area contributed by atoms with Gasteiger partial charge in [-0.1, -0.05) is 18.6 Å². The second-order valence-corrected chi connectivity index (χ2v) is 7.19. The molecule has 0 bridgehead atoms. The zero-order valence-electron chi connectivity index (χ0n) is 16.7. The van der Waals surface area contributed by atoms with Crippen molar-refractivity contribution in [2.24, 2.45) is 4.99 Å². The zero-order chi connectivity index (χ0) is 19.6. The van der Waals surface area contributed by atoms with Gasteiger partial charge < -0.3 is 20.2 Å². The highest BCUT2D eigenvalue weighted by Gasteiger charge is 2.24. The molecule has 1 aromatic heterocycles. The van der Waals surface area contributed by atoms with E-state index in [1.807, 2.05) is 18.2 Å². The SMILES string of the molecule is CCNC(=NCC(c1ccco1)N1CCCCC1)NCCc1cccc(O)c1. The summed E-state index contributed by atoms with van der Waals surface area (Å²) in [6, 6.07) is 11.6. The second-order valence-electron chi connectivity index (χ2n) is 7.19. The van der Waals surface area contributed by atoms with E-state index in [1.54, 1.807) is 18.4 Å². The van der Waals surface area contributed by atoms with Gasteiger partial charge in [-0.05, 0) is 69.1 Å². The second kappa shape index (κ2) is 10.8. The monoisotopic (exact) mass is 384 g/mol. The topological polar surface area (TPSA) is 73.0 Å². The highest BCUT2D eigenvalue weighted by Crippen LogP contribution is 2.25. The zero-order valence-corrected chi connectivity index (χ0v) is 16.7. The summed E-state index contributed by atoms with van der Waals surface area (Å²) in [5.41, 5.74) is 1.10. The Kier molecular flexibility index (Phi) is 7.79. The van der Waals surface area contributed by atoms with Crippen LogP contribution in [-0.4, -0.2) is 48.7 Å². The van der Waals surface area contributed by atoms with Crippen LogP contribution in [0.5, 0.6) is 5.75 Å². The van der Waals surface area contributed by atoms with Gasteiger partial charge in [-0.2, -0.15) is 0 Å². The van der Waals surface area contributed by atoms with Gasteiger partial charge in [-0.15, -0.1) is 0 Å². The lowest BCUT2D eigenvalue weighted by Crippen LogP contribution is -2.40. The summed E-state index contributed by atoms with van der Waals surface area (Å²) < 4.78 is 5.72. The number of phenols is 1. The van der Waals surface area contributed by atoms with Gasteiger partial charge in [-0.25, -0.2) is 0 Å². The third kappa shape index (κ3) is 6.02. The van der Waals surface area contributed by atoms with Crippen LogP contribution < -0.4 is 10.6 Å². The van der Waals surface area contributed by atoms with Gasteiger partial charge in [0.05, 0.1) is 18.8 Å². The number of aromatic hydroxyl groups is 1. The maximum atomic E-state index is 9.60. The van der Waals surface area contributed by atoms with Crippen molar-refractivity contribution in [3.8, 4) is 5.75 Å². The van der Waals surface area contributed by atoms with E-state index in [4.69, 9.17) is 9.41 Å². The number of likely N-dealkylation sites (tertiary alicyclic amines) is 1. The van der Waals surface area contributed by atoms with E-state index in [0.717, 1.165) is 49.9 Å². The molecular weight excluding hydrogens is 352 g/mol. The van der Waals surface area contributed by atoms with Crippen LogP contribution in [0.4, 0.5) is 0 Å². The van der Waals surface area contributed by atoms with Gasteiger partial charge in [0, 0.05) is 13.1 Å². The Morgan fingerprint density at radius 3 is 2.75 bits per heavy atom. The van der Waals surface area contributed by atoms with Crippen molar-refractivity contribution in [3.63, 3.8) is 0 Å². The number of hydrogen-bond donors (Lipinski definition) is 3. The smallest absolute Gasteiger partial charge is 0.191 e. The van der Waals surface area contributed by atoms with Crippen LogP contribution in [-0.2, 0) is 6.42 Å². The van der Waals surface area contributed by atoms with Gasteiger partial charge in [0.25, 0.3) is 0 Å². The molecule has 2 aromatic rings. The number of rotatable bonds is 8. The van der Waals surface area contributed by atoms with Crippen molar-refractivity contribution < 1.29 is 9.52 Å². The fraction of sp³-hybridized carbons (Fsp3) is 0.500. The summed E-state index contributed by atoms with van der Waals surface area (Å²) >= 11 is 0. The summed E-state index contributed by atoms with van der Waals surface area (Å²) in [4.78, 5) is 7.33. The Morgan fingerprint density at radius 1 is 1.18 bits per heavy atom. The van der Waals surface area contributed by atoms with Gasteiger partial charge >= 0.3 is 0 Å². The number of hydrogen-bond acceptors (Lipinski definition) is 4. The number of benzene rings is 1. The summed E-state index contributed by atoms with van der Waals surface area (Å²) in [5, 5.41) is 16.3. The third-order valence-electron chi connectivity index (χ3n) is 5.09. The Balaban J connectivity index is 1.60. The third-order valence-corrected chi connectivity index (χ3v) is 5.09. The quantitative estimate of drug-likeness (QED) is 0.481. The lowest BCUT2D eigenvalue weighted by atomic mass is 10.1. The number of furan rings is 1. The molecule has 152 valence electrons. The molecule has 1 aliphatic heterocycles. The molecule has 3 rings (SSSR count). The van der Waals surface area contributed by atoms with E-state index >= 15 is 0 Å². The van der Waals surface area contributed by atoms with Crippen molar-refractivity contribution in [3.05, 3.63) is 54.0 Å². The Labute approximate surface area is 167 Å². The van der Waals surface area contributed by atoms with Crippen molar-refractivity contribution >= 4 is 5.96 Å². The first-order valence-electron chi connectivity index (χ1n) is 10.3. The predicted molar refractivity (Wildman–Crippen MR) is 113 cm³/mol. The average molecular weight is 385 g/mol. The maximum absolute atomic E-state index is 9.60. The molecule has 2 heterocycles. The van der Waals surface area contributed by atoms with E-state index in [1.165, 1.54) is 19.3 Å². The van der Waals surface area contributed by atoms with Gasteiger partial charge in [0.15, 0.2) is 5.96 Å². The van der Waals surface area contributed by atoms with Crippen LogP contribution >= 0.6 is 0 Å². The van der Waals surface area contributed by atoms with Crippen molar-refractivity contribution in [2.45, 2.75) is 38.6 Å². The maximum Gasteiger partial charge on any atom is 0.191 e. The molecule has 1 atom stereocenters. The lowest BCUT2D eigenvalue weighted by molar-refractivity contribution is 0.150. The average Bonchev–Trinajstić information content (AvgIpc) is 3.23. The van der Waals surface area contributed by atoms with Crippen molar-refractivity contribution in [1.29, 1.82) is 0 Å². The minimum absolute atomic E-state index is 0.178. The first-order valence-corrected chi connectivity index (χ1v) is 10.3. The van der Waals surface area contributed by atoms with Crippen molar-refractivity contribution in [2.75, 3.05) is 32.7 Å². The fourth-order valence-corrected chi connectivity index (χ4v) is 3.65. The van der Waals surface area contributed by atoms with E-state index in [9.17, 15) is 5.11 Å². The predicted octanol–water partition coefficient (Wildman–Crippen LogP) is 3.31. The Hall–Kier alpha value is -2.47. The Morgan fingerprint density at radius 2 is 2.04 bits per heavy atom. The van der Waals surface area contributed by atoms with E-state index in [0.29, 0.717) is 12.3 Å². The van der Waals surface area contributed by atoms with E-state index in [2.05, 4.69) is 28.5 Å². The van der Waals surface area contributed by atoms with Crippen LogP contribution in [0.1, 0.15) is 43.6 Å². The summed E-state index contributed by atoms with van der Waals surface area (Å²) in [6.45, 7) is 6.50. The van der Waals surface area contributed by atoms with Gasteiger partial charge in [0.2, 0.25) is 0 Å². The van der Waals surface area contributed by atoms with E-state index < -0.39 is 0 Å². The van der Waals surface area contributed by atoms with Gasteiger partial charge in [0.1, 0.15) is 11.5 Å². The molecule has 28 heavy (non-hydrogen) atoms. The molecule has 6 heteroatoms. The van der Waals surface area contributed by atoms with Crippen LogP contribution in [0.15, 0.2) is 52.1 Å². The highest BCUT2D eigenvalue weighted by molar-refractivity contribution is 5.79. The molecule has 1 unspecified atom stereocenters. The first-order chi connectivity index (χ1) is 13.8. The molecular formula is C22H32N4O2. The molecule has 0 aliphatic carbocycles. The van der Waals surface area contributed by atoms with Crippen LogP contribution in [0.2, 0.25) is 0 Å². The number of piperidine rings is 1. The molecule has 0 spiro atoms. The largest absolute Gasteiger partial charge is 0.508 e. The van der Waals surface area contributed by atoms with Crippen LogP contribution in [0.3, 0.4) is 0 Å². The van der Waals surface area contributed by atoms with Gasteiger partial charge in [-0.3, -0.25) is 9.89 Å². The fourth-order valence-electron chi connectivity index (χ4n) is 3.65. The number of phenolic OH excluding ortho intramolecular Hbond substituents is 1. The number of nitrogens with one attached hydrogen (secondary N) is 2. The van der Waals surface area contributed by atoms with E-state index in [-0.39, 0.29) is 6.04 Å². The molecule has 0 radical (unpaired) electrons. The minimum Gasteiger partial charge on any atom is -0.508 e. The normalized spacial score (nSPS) is 16.7. The molecule has 6 nitrogen and oxygen atoms in total. The lowest BCUT2D eigenvalue weighted by Gasteiger charge is -2.32. The number of guanidine groups is 1. The highest BCUT2D eigenvalue weighted by atomic mass is 16.3. The molecule has 1 aromatic carbocycles. The molecule has 3 N–H and O–H groups in total.